The first-order valence-corrected chi connectivity index (χ1v) is 8.67. The average molecular weight is 328 g/mol. The van der Waals surface area contributed by atoms with Gasteiger partial charge in [-0.05, 0) is 32.4 Å². The lowest BCUT2D eigenvalue weighted by molar-refractivity contribution is 0.0957. The fourth-order valence-corrected chi connectivity index (χ4v) is 3.58. The van der Waals surface area contributed by atoms with Crippen LogP contribution in [0.2, 0.25) is 0 Å². The van der Waals surface area contributed by atoms with Crippen molar-refractivity contribution in [1.29, 1.82) is 0 Å². The number of hydrogen-bond acceptors (Lipinski definition) is 4. The van der Waals surface area contributed by atoms with Crippen molar-refractivity contribution in [3.05, 3.63) is 35.1 Å². The number of pyridine rings is 1. The quantitative estimate of drug-likeness (QED) is 0.778. The van der Waals surface area contributed by atoms with Gasteiger partial charge in [-0.25, -0.2) is 9.97 Å². The maximum atomic E-state index is 12.2. The van der Waals surface area contributed by atoms with E-state index < -0.39 is 0 Å². The maximum Gasteiger partial charge on any atom is 0.263 e. The van der Waals surface area contributed by atoms with E-state index in [0.717, 1.165) is 40.3 Å². The third-order valence-electron chi connectivity index (χ3n) is 3.74. The lowest BCUT2D eigenvalue weighted by atomic mass is 10.2. The van der Waals surface area contributed by atoms with Crippen molar-refractivity contribution in [3.8, 4) is 10.6 Å². The molecule has 0 radical (unpaired) electrons. The molecule has 0 bridgehead atoms. The number of hydrogen-bond donors (Lipinski definition) is 1. The smallest absolute Gasteiger partial charge is 0.263 e. The molecule has 1 N–H and O–H groups in total. The average Bonchev–Trinajstić information content (AvgIpc) is 3.13. The number of amides is 1. The topological polar surface area (TPSA) is 59.8 Å². The third kappa shape index (κ3) is 2.86. The second kappa shape index (κ2) is 6.50. The molecule has 6 heteroatoms. The van der Waals surface area contributed by atoms with Crippen LogP contribution >= 0.6 is 11.3 Å². The van der Waals surface area contributed by atoms with Crippen LogP contribution in [0.5, 0.6) is 0 Å². The Bertz CT molecular complexity index is 850. The molecule has 5 nitrogen and oxygen atoms in total. The van der Waals surface area contributed by atoms with Gasteiger partial charge in [-0.2, -0.15) is 0 Å². The van der Waals surface area contributed by atoms with Crippen LogP contribution in [0.25, 0.3) is 21.6 Å². The van der Waals surface area contributed by atoms with Crippen molar-refractivity contribution >= 4 is 28.3 Å². The lowest BCUT2D eigenvalue weighted by Gasteiger charge is -2.00. The molecule has 3 rings (SSSR count). The molecule has 0 saturated carbocycles. The van der Waals surface area contributed by atoms with E-state index in [1.165, 1.54) is 11.3 Å². The minimum atomic E-state index is -0.0366. The molecule has 23 heavy (non-hydrogen) atoms. The van der Waals surface area contributed by atoms with Gasteiger partial charge >= 0.3 is 0 Å². The summed E-state index contributed by atoms with van der Waals surface area (Å²) in [5.41, 5.74) is 2.77. The third-order valence-corrected chi connectivity index (χ3v) is 4.93. The second-order valence-corrected chi connectivity index (χ2v) is 6.39. The Labute approximate surface area is 139 Å². The summed E-state index contributed by atoms with van der Waals surface area (Å²) in [7, 11) is 0. The van der Waals surface area contributed by atoms with Gasteiger partial charge in [0.25, 0.3) is 5.91 Å². The molecule has 0 saturated heterocycles. The largest absolute Gasteiger partial charge is 0.351 e. The van der Waals surface area contributed by atoms with E-state index in [0.29, 0.717) is 11.4 Å². The van der Waals surface area contributed by atoms with Crippen molar-refractivity contribution < 1.29 is 4.79 Å². The van der Waals surface area contributed by atoms with Gasteiger partial charge in [0, 0.05) is 36.4 Å². The van der Waals surface area contributed by atoms with E-state index in [1.807, 2.05) is 19.9 Å². The van der Waals surface area contributed by atoms with Crippen LogP contribution in [0.15, 0.2) is 24.5 Å². The number of rotatable bonds is 5. The molecule has 3 aromatic heterocycles. The zero-order chi connectivity index (χ0) is 16.4. The summed E-state index contributed by atoms with van der Waals surface area (Å²) < 4.78 is 2.11. The number of aromatic nitrogens is 3. The Kier molecular flexibility index (Phi) is 4.43. The molecule has 0 aromatic carbocycles. The van der Waals surface area contributed by atoms with Crippen molar-refractivity contribution in [2.24, 2.45) is 0 Å². The summed E-state index contributed by atoms with van der Waals surface area (Å²) in [5, 5.41) is 4.86. The van der Waals surface area contributed by atoms with Gasteiger partial charge in [-0.15, -0.1) is 11.3 Å². The molecule has 0 spiro atoms. The van der Waals surface area contributed by atoms with Crippen LogP contribution in [0, 0.1) is 6.92 Å². The number of nitrogens with zero attached hydrogens (tertiary/aromatic N) is 3. The van der Waals surface area contributed by atoms with E-state index >= 15 is 0 Å². The number of nitrogens with one attached hydrogen (secondary N) is 1. The van der Waals surface area contributed by atoms with E-state index in [1.54, 1.807) is 6.20 Å². The van der Waals surface area contributed by atoms with Gasteiger partial charge in [0.2, 0.25) is 0 Å². The number of fused-ring (bicyclic) bond motifs is 1. The first-order valence-electron chi connectivity index (χ1n) is 7.85. The summed E-state index contributed by atoms with van der Waals surface area (Å²) in [6.07, 6.45) is 4.80. The summed E-state index contributed by atoms with van der Waals surface area (Å²) in [6.45, 7) is 7.55. The zero-order valence-corrected chi connectivity index (χ0v) is 14.4. The van der Waals surface area contributed by atoms with Gasteiger partial charge in [0.05, 0.1) is 5.69 Å². The normalized spacial score (nSPS) is 11.1. The number of carbonyl (C=O) groups excluding carboxylic acids is 1. The Morgan fingerprint density at radius 1 is 1.39 bits per heavy atom. The fourth-order valence-electron chi connectivity index (χ4n) is 2.58. The predicted octanol–water partition coefficient (Wildman–Crippen LogP) is 3.63. The van der Waals surface area contributed by atoms with Gasteiger partial charge < -0.3 is 9.88 Å². The molecule has 0 atom stereocenters. The molecular formula is C17H20N4OS. The molecule has 3 aromatic rings. The zero-order valence-electron chi connectivity index (χ0n) is 13.6. The lowest BCUT2D eigenvalue weighted by Crippen LogP contribution is -2.23. The molecule has 1 amide bonds. The number of aryl methyl sites for hydroxylation is 2. The highest BCUT2D eigenvalue weighted by atomic mass is 32.1. The van der Waals surface area contributed by atoms with Crippen LogP contribution in [0.1, 0.15) is 35.6 Å². The molecule has 0 fully saturated rings. The molecule has 3 heterocycles. The molecular weight excluding hydrogens is 308 g/mol. The van der Waals surface area contributed by atoms with Crippen LogP contribution < -0.4 is 5.32 Å². The van der Waals surface area contributed by atoms with Crippen molar-refractivity contribution in [3.63, 3.8) is 0 Å². The van der Waals surface area contributed by atoms with Crippen LogP contribution in [0.3, 0.4) is 0 Å². The minimum Gasteiger partial charge on any atom is -0.351 e. The first-order chi connectivity index (χ1) is 11.2. The number of carbonyl (C=O) groups is 1. The fraction of sp³-hybridized carbons (Fsp3) is 0.353. The van der Waals surface area contributed by atoms with E-state index in [-0.39, 0.29) is 5.91 Å². The summed E-state index contributed by atoms with van der Waals surface area (Å²) in [4.78, 5) is 22.0. The Morgan fingerprint density at radius 3 is 2.96 bits per heavy atom. The number of thiazole rings is 1. The minimum absolute atomic E-state index is 0.0366. The van der Waals surface area contributed by atoms with Gasteiger partial charge in [-0.3, -0.25) is 4.79 Å². The predicted molar refractivity (Wildman–Crippen MR) is 93.9 cm³/mol. The monoisotopic (exact) mass is 328 g/mol. The Balaban J connectivity index is 2.05. The molecule has 0 unspecified atom stereocenters. The van der Waals surface area contributed by atoms with Gasteiger partial charge in [0.1, 0.15) is 15.5 Å². The second-order valence-electron chi connectivity index (χ2n) is 5.39. The molecule has 0 aliphatic heterocycles. The highest BCUT2D eigenvalue weighted by Crippen LogP contribution is 2.34. The summed E-state index contributed by atoms with van der Waals surface area (Å²) in [5.74, 6) is -0.0366. The summed E-state index contributed by atoms with van der Waals surface area (Å²) in [6, 6.07) is 3.98. The molecule has 0 aliphatic rings. The standard InChI is InChI=1S/C17H20N4OS/c1-4-8-19-16(22)14-11(3)20-17(23-14)13-10-21(5-2)15-12(13)7-6-9-18-15/h6-7,9-10H,4-5,8H2,1-3H3,(H,19,22). The molecule has 120 valence electrons. The SMILES string of the molecule is CCCNC(=O)c1sc(-c2cn(CC)c3ncccc23)nc1C. The highest BCUT2D eigenvalue weighted by molar-refractivity contribution is 7.17. The van der Waals surface area contributed by atoms with Crippen molar-refractivity contribution in [1.82, 2.24) is 19.9 Å². The highest BCUT2D eigenvalue weighted by Gasteiger charge is 2.19. The van der Waals surface area contributed by atoms with Crippen LogP contribution in [-0.2, 0) is 6.54 Å². The first kappa shape index (κ1) is 15.7. The van der Waals surface area contributed by atoms with Gasteiger partial charge in [-0.1, -0.05) is 6.92 Å². The van der Waals surface area contributed by atoms with Gasteiger partial charge in [0.15, 0.2) is 0 Å². The van der Waals surface area contributed by atoms with Crippen molar-refractivity contribution in [2.75, 3.05) is 6.54 Å². The van der Waals surface area contributed by atoms with E-state index in [2.05, 4.69) is 39.0 Å². The van der Waals surface area contributed by atoms with Crippen LogP contribution in [-0.4, -0.2) is 27.0 Å². The Hall–Kier alpha value is -2.21. The summed E-state index contributed by atoms with van der Waals surface area (Å²) >= 11 is 1.45. The Morgan fingerprint density at radius 2 is 2.22 bits per heavy atom. The van der Waals surface area contributed by atoms with E-state index in [4.69, 9.17) is 0 Å². The molecule has 0 aliphatic carbocycles. The maximum absolute atomic E-state index is 12.2. The van der Waals surface area contributed by atoms with E-state index in [9.17, 15) is 4.79 Å². The van der Waals surface area contributed by atoms with Crippen LogP contribution in [0.4, 0.5) is 0 Å². The van der Waals surface area contributed by atoms with Crippen molar-refractivity contribution in [2.45, 2.75) is 33.7 Å².